The van der Waals surface area contributed by atoms with Crippen LogP contribution in [-0.4, -0.2) is 28.0 Å². The number of carboxylic acids is 1. The quantitative estimate of drug-likeness (QED) is 0.822. The van der Waals surface area contributed by atoms with Gasteiger partial charge in [0, 0.05) is 0 Å². The fourth-order valence-electron chi connectivity index (χ4n) is 1.77. The third kappa shape index (κ3) is 3.07. The largest absolute Gasteiger partial charge is 0.480 e. The van der Waals surface area contributed by atoms with Crippen LogP contribution in [0.1, 0.15) is 40.9 Å². The molecule has 6 heteroatoms. The molecule has 0 aromatic carbocycles. The van der Waals surface area contributed by atoms with Crippen LogP contribution >= 0.6 is 11.3 Å². The first-order valence-electron chi connectivity index (χ1n) is 6.10. The molecule has 1 saturated carbocycles. The molecule has 1 aromatic heterocycles. The molecule has 1 atom stereocenters. The van der Waals surface area contributed by atoms with Gasteiger partial charge in [-0.25, -0.2) is 9.78 Å². The Kier molecular flexibility index (Phi) is 3.96. The van der Waals surface area contributed by atoms with Crippen molar-refractivity contribution in [1.29, 1.82) is 0 Å². The van der Waals surface area contributed by atoms with E-state index < -0.39 is 12.0 Å². The number of nitrogens with one attached hydrogen (secondary N) is 1. The van der Waals surface area contributed by atoms with Crippen molar-refractivity contribution in [3.05, 3.63) is 16.1 Å². The Hall–Kier alpha value is -1.43. The lowest BCUT2D eigenvalue weighted by atomic mass is 10.2. The van der Waals surface area contributed by atoms with E-state index in [0.717, 1.165) is 30.7 Å². The molecular weight excluding hydrogens is 252 g/mol. The van der Waals surface area contributed by atoms with Crippen LogP contribution in [0.5, 0.6) is 0 Å². The number of rotatable bonds is 6. The predicted octanol–water partition coefficient (Wildman–Crippen LogP) is 1.69. The van der Waals surface area contributed by atoms with E-state index >= 15 is 0 Å². The first-order chi connectivity index (χ1) is 8.61. The van der Waals surface area contributed by atoms with E-state index in [1.807, 2.05) is 0 Å². The van der Waals surface area contributed by atoms with Gasteiger partial charge in [-0.15, -0.1) is 11.3 Å². The van der Waals surface area contributed by atoms with Crippen molar-refractivity contribution < 1.29 is 14.7 Å². The summed E-state index contributed by atoms with van der Waals surface area (Å²) in [7, 11) is 0. The van der Waals surface area contributed by atoms with Crippen LogP contribution in [-0.2, 0) is 11.2 Å². The van der Waals surface area contributed by atoms with Crippen molar-refractivity contribution in [3.63, 3.8) is 0 Å². The molecule has 98 valence electrons. The van der Waals surface area contributed by atoms with Gasteiger partial charge in [-0.05, 0) is 31.6 Å². The number of carbonyl (C=O) groups excluding carboxylic acids is 1. The summed E-state index contributed by atoms with van der Waals surface area (Å²) < 4.78 is 0. The smallest absolute Gasteiger partial charge is 0.326 e. The summed E-state index contributed by atoms with van der Waals surface area (Å²) >= 11 is 1.34. The summed E-state index contributed by atoms with van der Waals surface area (Å²) in [6.45, 7) is 2.05. The van der Waals surface area contributed by atoms with Gasteiger partial charge in [0.2, 0.25) is 0 Å². The topological polar surface area (TPSA) is 79.3 Å². The van der Waals surface area contributed by atoms with Crippen molar-refractivity contribution in [2.45, 2.75) is 38.6 Å². The maximum Gasteiger partial charge on any atom is 0.326 e. The normalized spacial score (nSPS) is 16.3. The Labute approximate surface area is 109 Å². The van der Waals surface area contributed by atoms with Crippen LogP contribution < -0.4 is 5.32 Å². The van der Waals surface area contributed by atoms with Crippen LogP contribution in [0.2, 0.25) is 0 Å². The maximum atomic E-state index is 11.9. The van der Waals surface area contributed by atoms with Crippen LogP contribution in [0, 0.1) is 5.92 Å². The van der Waals surface area contributed by atoms with Gasteiger partial charge in [-0.1, -0.05) is 6.92 Å². The third-order valence-corrected chi connectivity index (χ3v) is 3.94. The second-order valence-electron chi connectivity index (χ2n) is 4.50. The van der Waals surface area contributed by atoms with Gasteiger partial charge in [0.1, 0.15) is 10.9 Å². The highest BCUT2D eigenvalue weighted by atomic mass is 32.1. The number of hydrogen-bond donors (Lipinski definition) is 2. The van der Waals surface area contributed by atoms with Gasteiger partial charge in [-0.2, -0.15) is 0 Å². The zero-order valence-corrected chi connectivity index (χ0v) is 11.0. The molecule has 0 aliphatic heterocycles. The minimum atomic E-state index is -0.954. The zero-order chi connectivity index (χ0) is 13.1. The minimum Gasteiger partial charge on any atom is -0.480 e. The van der Waals surface area contributed by atoms with Crippen molar-refractivity contribution >= 4 is 23.2 Å². The SMILES string of the molecule is CCCc1ncc(C(=O)NC(C(=O)O)C2CC2)s1. The molecule has 1 fully saturated rings. The lowest BCUT2D eigenvalue weighted by Crippen LogP contribution is -2.42. The lowest BCUT2D eigenvalue weighted by molar-refractivity contribution is -0.139. The highest BCUT2D eigenvalue weighted by molar-refractivity contribution is 7.13. The van der Waals surface area contributed by atoms with Crippen molar-refractivity contribution in [3.8, 4) is 0 Å². The van der Waals surface area contributed by atoms with Gasteiger partial charge >= 0.3 is 5.97 Å². The molecule has 0 spiro atoms. The van der Waals surface area contributed by atoms with Gasteiger partial charge in [0.15, 0.2) is 0 Å². The lowest BCUT2D eigenvalue weighted by Gasteiger charge is -2.12. The molecule has 2 N–H and O–H groups in total. The van der Waals surface area contributed by atoms with Crippen molar-refractivity contribution in [1.82, 2.24) is 10.3 Å². The number of aliphatic carboxylic acids is 1. The molecule has 1 unspecified atom stereocenters. The van der Waals surface area contributed by atoms with E-state index in [0.29, 0.717) is 4.88 Å². The maximum absolute atomic E-state index is 11.9. The van der Waals surface area contributed by atoms with Gasteiger partial charge in [0.25, 0.3) is 5.91 Å². The molecule has 18 heavy (non-hydrogen) atoms. The highest BCUT2D eigenvalue weighted by Gasteiger charge is 2.37. The number of amides is 1. The molecule has 1 aliphatic rings. The summed E-state index contributed by atoms with van der Waals surface area (Å²) in [5, 5.41) is 12.5. The van der Waals surface area contributed by atoms with E-state index in [2.05, 4.69) is 17.2 Å². The van der Waals surface area contributed by atoms with E-state index in [1.165, 1.54) is 17.5 Å². The van der Waals surface area contributed by atoms with Crippen LogP contribution in [0.25, 0.3) is 0 Å². The first kappa shape index (κ1) is 13.0. The highest BCUT2D eigenvalue weighted by Crippen LogP contribution is 2.33. The van der Waals surface area contributed by atoms with E-state index in [1.54, 1.807) is 0 Å². The molecule has 0 saturated heterocycles. The standard InChI is InChI=1S/C12H16N2O3S/c1-2-3-9-13-6-8(18-9)11(15)14-10(12(16)17)7-4-5-7/h6-7,10H,2-5H2,1H3,(H,14,15)(H,16,17). The fourth-order valence-corrected chi connectivity index (χ4v) is 2.69. The minimum absolute atomic E-state index is 0.0921. The van der Waals surface area contributed by atoms with Gasteiger partial charge in [0.05, 0.1) is 11.2 Å². The Morgan fingerprint density at radius 3 is 2.89 bits per heavy atom. The summed E-state index contributed by atoms with van der Waals surface area (Å²) in [5.74, 6) is -1.19. The second-order valence-corrected chi connectivity index (χ2v) is 5.61. The summed E-state index contributed by atoms with van der Waals surface area (Å²) in [5.41, 5.74) is 0. The number of nitrogens with zero attached hydrogens (tertiary/aromatic N) is 1. The number of thiazole rings is 1. The van der Waals surface area contributed by atoms with Crippen molar-refractivity contribution in [2.24, 2.45) is 5.92 Å². The molecule has 1 amide bonds. The average molecular weight is 268 g/mol. The summed E-state index contributed by atoms with van der Waals surface area (Å²) in [4.78, 5) is 27.6. The molecular formula is C12H16N2O3S. The number of carbonyl (C=O) groups is 2. The van der Waals surface area contributed by atoms with Crippen LogP contribution in [0.4, 0.5) is 0 Å². The number of aromatic nitrogens is 1. The Bertz CT molecular complexity index is 454. The third-order valence-electron chi connectivity index (χ3n) is 2.89. The number of aryl methyl sites for hydroxylation is 1. The molecule has 0 radical (unpaired) electrons. The zero-order valence-electron chi connectivity index (χ0n) is 10.2. The number of carboxylic acid groups (broad SMARTS) is 1. The molecule has 5 nitrogen and oxygen atoms in total. The summed E-state index contributed by atoms with van der Waals surface area (Å²) in [6.07, 6.45) is 5.11. The van der Waals surface area contributed by atoms with E-state index in [9.17, 15) is 9.59 Å². The Balaban J connectivity index is 1.99. The monoisotopic (exact) mass is 268 g/mol. The predicted molar refractivity (Wildman–Crippen MR) is 67.7 cm³/mol. The van der Waals surface area contributed by atoms with Crippen LogP contribution in [0.3, 0.4) is 0 Å². The van der Waals surface area contributed by atoms with E-state index in [-0.39, 0.29) is 11.8 Å². The fraction of sp³-hybridized carbons (Fsp3) is 0.583. The summed E-state index contributed by atoms with van der Waals surface area (Å²) in [6, 6.07) is -0.755. The van der Waals surface area contributed by atoms with Crippen molar-refractivity contribution in [2.75, 3.05) is 0 Å². The van der Waals surface area contributed by atoms with Gasteiger partial charge in [-0.3, -0.25) is 4.79 Å². The van der Waals surface area contributed by atoms with Crippen LogP contribution in [0.15, 0.2) is 6.20 Å². The second kappa shape index (κ2) is 5.48. The number of hydrogen-bond acceptors (Lipinski definition) is 4. The Morgan fingerprint density at radius 1 is 1.61 bits per heavy atom. The van der Waals surface area contributed by atoms with Gasteiger partial charge < -0.3 is 10.4 Å². The average Bonchev–Trinajstić information content (AvgIpc) is 3.05. The Morgan fingerprint density at radius 2 is 2.33 bits per heavy atom. The molecule has 0 bridgehead atoms. The van der Waals surface area contributed by atoms with E-state index in [4.69, 9.17) is 5.11 Å². The first-order valence-corrected chi connectivity index (χ1v) is 6.91. The molecule has 1 aromatic rings. The molecule has 1 heterocycles. The molecule has 2 rings (SSSR count). The molecule has 1 aliphatic carbocycles.